The number of carbonyl (C=O) groups excluding carboxylic acids is 2. The molecule has 5 heteroatoms. The van der Waals surface area contributed by atoms with E-state index in [1.807, 2.05) is 29.2 Å². The van der Waals surface area contributed by atoms with Crippen LogP contribution in [0.15, 0.2) is 24.3 Å². The number of nitrogens with one attached hydrogen (secondary N) is 1. The first-order chi connectivity index (χ1) is 12.1. The second kappa shape index (κ2) is 8.48. The molecule has 0 bridgehead atoms. The van der Waals surface area contributed by atoms with E-state index >= 15 is 0 Å². The van der Waals surface area contributed by atoms with Crippen LogP contribution in [-0.2, 0) is 14.3 Å². The number of amides is 2. The molecular formula is C20H28N2O3. The Morgan fingerprint density at radius 3 is 2.24 bits per heavy atom. The molecular weight excluding hydrogens is 316 g/mol. The zero-order chi connectivity index (χ0) is 17.6. The molecule has 5 nitrogen and oxygen atoms in total. The van der Waals surface area contributed by atoms with Gasteiger partial charge in [-0.05, 0) is 49.9 Å². The summed E-state index contributed by atoms with van der Waals surface area (Å²) >= 11 is 0. The highest BCUT2D eigenvalue weighted by Gasteiger charge is 2.32. The molecule has 0 radical (unpaired) electrons. The molecule has 136 valence electrons. The first-order valence-electron chi connectivity index (χ1n) is 9.43. The van der Waals surface area contributed by atoms with Gasteiger partial charge in [-0.3, -0.25) is 9.59 Å². The molecule has 1 saturated heterocycles. The maximum absolute atomic E-state index is 13.3. The van der Waals surface area contributed by atoms with Gasteiger partial charge in [-0.2, -0.15) is 0 Å². The van der Waals surface area contributed by atoms with Crippen LogP contribution in [0.1, 0.15) is 51.9 Å². The highest BCUT2D eigenvalue weighted by atomic mass is 16.5. The summed E-state index contributed by atoms with van der Waals surface area (Å²) in [6.45, 7) is 2.92. The van der Waals surface area contributed by atoms with Crippen LogP contribution < -0.4 is 10.2 Å². The van der Waals surface area contributed by atoms with Crippen LogP contribution in [-0.4, -0.2) is 31.1 Å². The van der Waals surface area contributed by atoms with Gasteiger partial charge in [0.2, 0.25) is 11.8 Å². The van der Waals surface area contributed by atoms with Gasteiger partial charge in [0.1, 0.15) is 0 Å². The standard InChI is InChI=1S/C20H28N2O3/c1-15(23)21-17-7-9-18(10-8-17)22(19-11-13-25-14-12-19)20(24)16-5-3-2-4-6-16/h7-10,16,19H,2-6,11-14H2,1H3,(H,21,23). The Balaban J connectivity index is 1.82. The van der Waals surface area contributed by atoms with Crippen LogP contribution in [0, 0.1) is 5.92 Å². The molecule has 3 rings (SSSR count). The molecule has 1 aromatic rings. The quantitative estimate of drug-likeness (QED) is 0.905. The monoisotopic (exact) mass is 344 g/mol. The molecule has 0 unspecified atom stereocenters. The molecule has 1 aromatic carbocycles. The number of carbonyl (C=O) groups is 2. The molecule has 1 N–H and O–H groups in total. The molecule has 0 aromatic heterocycles. The summed E-state index contributed by atoms with van der Waals surface area (Å²) < 4.78 is 5.49. The summed E-state index contributed by atoms with van der Waals surface area (Å²) in [7, 11) is 0. The van der Waals surface area contributed by atoms with Crippen molar-refractivity contribution in [1.82, 2.24) is 0 Å². The first kappa shape index (κ1) is 17.9. The predicted octanol–water partition coefficient (Wildman–Crippen LogP) is 3.74. The van der Waals surface area contributed by atoms with Crippen LogP contribution in [0.4, 0.5) is 11.4 Å². The molecule has 1 aliphatic carbocycles. The number of rotatable bonds is 4. The van der Waals surface area contributed by atoms with Crippen LogP contribution in [0.3, 0.4) is 0 Å². The lowest BCUT2D eigenvalue weighted by Gasteiger charge is -2.37. The zero-order valence-electron chi connectivity index (χ0n) is 15.0. The minimum absolute atomic E-state index is 0.0904. The van der Waals surface area contributed by atoms with E-state index in [1.165, 1.54) is 13.3 Å². The van der Waals surface area contributed by atoms with Gasteiger partial charge in [-0.1, -0.05) is 19.3 Å². The average molecular weight is 344 g/mol. The van der Waals surface area contributed by atoms with Crippen molar-refractivity contribution in [2.75, 3.05) is 23.4 Å². The van der Waals surface area contributed by atoms with Gasteiger partial charge in [0.15, 0.2) is 0 Å². The minimum atomic E-state index is -0.0904. The lowest BCUT2D eigenvalue weighted by Crippen LogP contribution is -2.46. The lowest BCUT2D eigenvalue weighted by molar-refractivity contribution is -0.124. The Morgan fingerprint density at radius 2 is 1.64 bits per heavy atom. The van der Waals surface area contributed by atoms with Gasteiger partial charge in [-0.15, -0.1) is 0 Å². The zero-order valence-corrected chi connectivity index (χ0v) is 15.0. The number of benzene rings is 1. The summed E-state index contributed by atoms with van der Waals surface area (Å²) in [4.78, 5) is 26.5. The Morgan fingerprint density at radius 1 is 1.00 bits per heavy atom. The highest BCUT2D eigenvalue weighted by Crippen LogP contribution is 2.31. The van der Waals surface area contributed by atoms with E-state index in [0.717, 1.165) is 49.9 Å². The van der Waals surface area contributed by atoms with Crippen molar-refractivity contribution >= 4 is 23.2 Å². The smallest absolute Gasteiger partial charge is 0.230 e. The molecule has 2 amide bonds. The first-order valence-corrected chi connectivity index (χ1v) is 9.43. The number of anilines is 2. The fraction of sp³-hybridized carbons (Fsp3) is 0.600. The molecule has 1 saturated carbocycles. The summed E-state index contributed by atoms with van der Waals surface area (Å²) in [5.41, 5.74) is 1.69. The van der Waals surface area contributed by atoms with E-state index in [4.69, 9.17) is 4.74 Å². The minimum Gasteiger partial charge on any atom is -0.381 e. The fourth-order valence-corrected chi connectivity index (χ4v) is 3.92. The highest BCUT2D eigenvalue weighted by molar-refractivity contribution is 5.96. The summed E-state index contributed by atoms with van der Waals surface area (Å²) in [5.74, 6) is 0.317. The molecule has 2 fully saturated rings. The molecule has 25 heavy (non-hydrogen) atoms. The summed E-state index contributed by atoms with van der Waals surface area (Å²) in [6, 6.07) is 7.84. The lowest BCUT2D eigenvalue weighted by atomic mass is 9.87. The predicted molar refractivity (Wildman–Crippen MR) is 98.6 cm³/mol. The van der Waals surface area contributed by atoms with E-state index in [2.05, 4.69) is 5.32 Å². The van der Waals surface area contributed by atoms with Crippen molar-refractivity contribution in [1.29, 1.82) is 0 Å². The normalized spacial score (nSPS) is 19.4. The summed E-state index contributed by atoms with van der Waals surface area (Å²) in [6.07, 6.45) is 7.31. The molecule has 1 aliphatic heterocycles. The van der Waals surface area contributed by atoms with Gasteiger partial charge in [0, 0.05) is 43.5 Å². The van der Waals surface area contributed by atoms with Crippen molar-refractivity contribution in [3.8, 4) is 0 Å². The topological polar surface area (TPSA) is 58.6 Å². The number of hydrogen-bond acceptors (Lipinski definition) is 3. The second-order valence-corrected chi connectivity index (χ2v) is 7.11. The SMILES string of the molecule is CC(=O)Nc1ccc(N(C(=O)C2CCCCC2)C2CCOCC2)cc1. The maximum Gasteiger partial charge on any atom is 0.230 e. The van der Waals surface area contributed by atoms with Crippen LogP contribution in [0.2, 0.25) is 0 Å². The Kier molecular flexibility index (Phi) is 6.08. The third-order valence-electron chi connectivity index (χ3n) is 5.21. The number of nitrogens with zero attached hydrogens (tertiary/aromatic N) is 1. The third-order valence-corrected chi connectivity index (χ3v) is 5.21. The van der Waals surface area contributed by atoms with Crippen molar-refractivity contribution < 1.29 is 14.3 Å². The van der Waals surface area contributed by atoms with Crippen LogP contribution >= 0.6 is 0 Å². The van der Waals surface area contributed by atoms with Gasteiger partial charge in [0.25, 0.3) is 0 Å². The average Bonchev–Trinajstić information content (AvgIpc) is 2.64. The van der Waals surface area contributed by atoms with Gasteiger partial charge in [-0.25, -0.2) is 0 Å². The number of hydrogen-bond donors (Lipinski definition) is 1. The largest absolute Gasteiger partial charge is 0.381 e. The van der Waals surface area contributed by atoms with E-state index < -0.39 is 0 Å². The third kappa shape index (κ3) is 4.60. The van der Waals surface area contributed by atoms with Gasteiger partial charge in [0.05, 0.1) is 0 Å². The van der Waals surface area contributed by atoms with E-state index in [9.17, 15) is 9.59 Å². The summed E-state index contributed by atoms with van der Waals surface area (Å²) in [5, 5.41) is 2.78. The van der Waals surface area contributed by atoms with Gasteiger partial charge >= 0.3 is 0 Å². The molecule has 0 atom stereocenters. The Bertz CT molecular complexity index is 587. The maximum atomic E-state index is 13.3. The van der Waals surface area contributed by atoms with Crippen LogP contribution in [0.25, 0.3) is 0 Å². The van der Waals surface area contributed by atoms with Gasteiger partial charge < -0.3 is 15.0 Å². The van der Waals surface area contributed by atoms with Crippen LogP contribution in [0.5, 0.6) is 0 Å². The number of ether oxygens (including phenoxy) is 1. The molecule has 0 spiro atoms. The van der Waals surface area contributed by atoms with Crippen molar-refractivity contribution in [2.24, 2.45) is 5.92 Å². The van der Waals surface area contributed by atoms with Crippen molar-refractivity contribution in [3.63, 3.8) is 0 Å². The Labute approximate surface area is 149 Å². The molecule has 2 aliphatic rings. The van der Waals surface area contributed by atoms with E-state index in [-0.39, 0.29) is 23.8 Å². The van der Waals surface area contributed by atoms with E-state index in [1.54, 1.807) is 0 Å². The second-order valence-electron chi connectivity index (χ2n) is 7.11. The molecule has 1 heterocycles. The van der Waals surface area contributed by atoms with E-state index in [0.29, 0.717) is 13.2 Å². The van der Waals surface area contributed by atoms with Crippen molar-refractivity contribution in [3.05, 3.63) is 24.3 Å². The van der Waals surface area contributed by atoms with Crippen molar-refractivity contribution in [2.45, 2.75) is 57.9 Å². The fourth-order valence-electron chi connectivity index (χ4n) is 3.92. The Hall–Kier alpha value is -1.88.